The molecule has 7 heteroatoms. The van der Waals surface area contributed by atoms with E-state index in [9.17, 15) is 9.59 Å². The van der Waals surface area contributed by atoms with Gasteiger partial charge in [-0.1, -0.05) is 12.8 Å². The standard InChI is InChI=1S/C17H15Br2NO3S/c1-4-6-23-15-12(18)7-11(8-13(15)19)9-14-16(21)20(10(3)5-2)17(22)24-14/h1,7-10H,5-6H2,2-3H3/b14-9+/t10-/m1/s1. The first kappa shape index (κ1) is 19.1. The van der Waals surface area contributed by atoms with Crippen LogP contribution in [0.5, 0.6) is 5.75 Å². The summed E-state index contributed by atoms with van der Waals surface area (Å²) in [5, 5.41) is -0.229. The monoisotopic (exact) mass is 471 g/mol. The Morgan fingerprint density at radius 2 is 2.00 bits per heavy atom. The molecule has 0 aromatic heterocycles. The number of ether oxygens (including phenoxy) is 1. The van der Waals surface area contributed by atoms with Gasteiger partial charge in [-0.2, -0.15) is 0 Å². The zero-order valence-corrected chi connectivity index (χ0v) is 17.1. The van der Waals surface area contributed by atoms with Crippen LogP contribution in [0.2, 0.25) is 0 Å². The van der Waals surface area contributed by atoms with Crippen molar-refractivity contribution in [3.8, 4) is 18.1 Å². The third-order valence-electron chi connectivity index (χ3n) is 3.47. The van der Waals surface area contributed by atoms with Gasteiger partial charge in [-0.25, -0.2) is 0 Å². The van der Waals surface area contributed by atoms with Gasteiger partial charge in [-0.15, -0.1) is 6.42 Å². The molecule has 0 aliphatic carbocycles. The Hall–Kier alpha value is -1.23. The molecule has 1 aromatic rings. The summed E-state index contributed by atoms with van der Waals surface area (Å²) in [6.45, 7) is 3.97. The van der Waals surface area contributed by atoms with Crippen LogP contribution in [0.1, 0.15) is 25.8 Å². The predicted molar refractivity (Wildman–Crippen MR) is 104 cm³/mol. The summed E-state index contributed by atoms with van der Waals surface area (Å²) < 4.78 is 6.87. The molecular weight excluding hydrogens is 458 g/mol. The lowest BCUT2D eigenvalue weighted by Gasteiger charge is -2.19. The van der Waals surface area contributed by atoms with E-state index in [-0.39, 0.29) is 23.8 Å². The molecule has 0 radical (unpaired) electrons. The Bertz CT molecular complexity index is 732. The van der Waals surface area contributed by atoms with E-state index in [1.807, 2.05) is 26.0 Å². The van der Waals surface area contributed by atoms with Crippen molar-refractivity contribution in [1.29, 1.82) is 0 Å². The van der Waals surface area contributed by atoms with Crippen molar-refractivity contribution in [3.63, 3.8) is 0 Å². The number of amides is 2. The second kappa shape index (κ2) is 8.24. The van der Waals surface area contributed by atoms with Gasteiger partial charge in [-0.3, -0.25) is 14.5 Å². The van der Waals surface area contributed by atoms with Crippen molar-refractivity contribution in [3.05, 3.63) is 31.5 Å². The van der Waals surface area contributed by atoms with Crippen molar-refractivity contribution >= 4 is 60.8 Å². The van der Waals surface area contributed by atoms with Gasteiger partial charge >= 0.3 is 0 Å². The van der Waals surface area contributed by atoms with Crippen LogP contribution >= 0.6 is 43.6 Å². The highest BCUT2D eigenvalue weighted by Crippen LogP contribution is 2.38. The van der Waals surface area contributed by atoms with Gasteiger partial charge in [0.2, 0.25) is 0 Å². The zero-order chi connectivity index (χ0) is 17.9. The van der Waals surface area contributed by atoms with E-state index in [2.05, 4.69) is 37.8 Å². The minimum absolute atomic E-state index is 0.110. The number of halogens is 2. The zero-order valence-electron chi connectivity index (χ0n) is 13.1. The van der Waals surface area contributed by atoms with Crippen molar-refractivity contribution < 1.29 is 14.3 Å². The molecule has 0 spiro atoms. The topological polar surface area (TPSA) is 46.6 Å². The lowest BCUT2D eigenvalue weighted by atomic mass is 10.2. The van der Waals surface area contributed by atoms with Crippen LogP contribution in [0.25, 0.3) is 6.08 Å². The summed E-state index contributed by atoms with van der Waals surface area (Å²) in [4.78, 5) is 26.2. The fraction of sp³-hybridized carbons (Fsp3) is 0.294. The molecule has 24 heavy (non-hydrogen) atoms. The summed E-state index contributed by atoms with van der Waals surface area (Å²) in [5.41, 5.74) is 0.774. The highest BCUT2D eigenvalue weighted by molar-refractivity contribution is 9.11. The average Bonchev–Trinajstić information content (AvgIpc) is 2.80. The van der Waals surface area contributed by atoms with Crippen molar-refractivity contribution in [2.24, 2.45) is 0 Å². The number of hydrogen-bond acceptors (Lipinski definition) is 4. The first-order valence-electron chi connectivity index (χ1n) is 7.21. The van der Waals surface area contributed by atoms with Crippen LogP contribution in [-0.4, -0.2) is 28.7 Å². The van der Waals surface area contributed by atoms with E-state index < -0.39 is 0 Å². The summed E-state index contributed by atoms with van der Waals surface area (Å²) in [7, 11) is 0. The van der Waals surface area contributed by atoms with Gasteiger partial charge in [0.25, 0.3) is 11.1 Å². The largest absolute Gasteiger partial charge is 0.479 e. The summed E-state index contributed by atoms with van der Waals surface area (Å²) in [5.74, 6) is 2.75. The number of imide groups is 1. The first-order chi connectivity index (χ1) is 11.4. The third-order valence-corrected chi connectivity index (χ3v) is 5.54. The number of rotatable bonds is 5. The molecule has 1 aliphatic rings. The molecule has 1 heterocycles. The van der Waals surface area contributed by atoms with Crippen LogP contribution in [0, 0.1) is 12.3 Å². The normalized spacial score (nSPS) is 17.3. The Balaban J connectivity index is 2.31. The van der Waals surface area contributed by atoms with Crippen LogP contribution in [-0.2, 0) is 4.79 Å². The fourth-order valence-corrected chi connectivity index (χ4v) is 4.49. The lowest BCUT2D eigenvalue weighted by molar-refractivity contribution is -0.124. The highest BCUT2D eigenvalue weighted by atomic mass is 79.9. The SMILES string of the molecule is C#CCOc1c(Br)cc(/C=C2/SC(=O)N([C@H](C)CC)C2=O)cc1Br. The molecule has 1 saturated heterocycles. The molecule has 0 unspecified atom stereocenters. The number of benzene rings is 1. The Morgan fingerprint density at radius 3 is 2.54 bits per heavy atom. The van der Waals surface area contributed by atoms with Gasteiger partial charge < -0.3 is 4.74 Å². The summed E-state index contributed by atoms with van der Waals surface area (Å²) >= 11 is 7.82. The number of carbonyl (C=O) groups is 2. The van der Waals surface area contributed by atoms with E-state index in [1.165, 1.54) is 4.90 Å². The Labute approximate surface area is 162 Å². The maximum atomic E-state index is 12.4. The molecule has 1 fully saturated rings. The molecule has 1 atom stereocenters. The number of terminal acetylenes is 1. The van der Waals surface area contributed by atoms with Crippen LogP contribution < -0.4 is 4.74 Å². The maximum absolute atomic E-state index is 12.4. The van der Waals surface area contributed by atoms with Gasteiger partial charge in [0.15, 0.2) is 0 Å². The van der Waals surface area contributed by atoms with Gasteiger partial charge in [0.05, 0.1) is 13.9 Å². The first-order valence-corrected chi connectivity index (χ1v) is 9.61. The van der Waals surface area contributed by atoms with Gasteiger partial charge in [0, 0.05) is 6.04 Å². The Kier molecular flexibility index (Phi) is 6.55. The molecule has 1 aromatic carbocycles. The van der Waals surface area contributed by atoms with E-state index in [0.717, 1.165) is 23.7 Å². The molecule has 1 aliphatic heterocycles. The molecule has 0 N–H and O–H groups in total. The van der Waals surface area contributed by atoms with Gasteiger partial charge in [0.1, 0.15) is 12.4 Å². The van der Waals surface area contributed by atoms with Crippen molar-refractivity contribution in [1.82, 2.24) is 4.90 Å². The minimum Gasteiger partial charge on any atom is -0.479 e. The number of hydrogen-bond donors (Lipinski definition) is 0. The second-order valence-electron chi connectivity index (χ2n) is 5.12. The fourth-order valence-electron chi connectivity index (χ4n) is 2.11. The van der Waals surface area contributed by atoms with E-state index in [4.69, 9.17) is 11.2 Å². The van der Waals surface area contributed by atoms with E-state index in [0.29, 0.717) is 19.6 Å². The van der Waals surface area contributed by atoms with E-state index >= 15 is 0 Å². The predicted octanol–water partition coefficient (Wildman–Crippen LogP) is 5.06. The molecule has 126 valence electrons. The average molecular weight is 473 g/mol. The van der Waals surface area contributed by atoms with Crippen LogP contribution in [0.15, 0.2) is 26.0 Å². The number of carbonyl (C=O) groups excluding carboxylic acids is 2. The smallest absolute Gasteiger partial charge is 0.293 e. The van der Waals surface area contributed by atoms with Crippen molar-refractivity contribution in [2.45, 2.75) is 26.3 Å². The molecule has 4 nitrogen and oxygen atoms in total. The summed E-state index contributed by atoms with van der Waals surface area (Å²) in [6.07, 6.45) is 7.63. The second-order valence-corrected chi connectivity index (χ2v) is 7.82. The quantitative estimate of drug-likeness (QED) is 0.444. The molecular formula is C17H15Br2NO3S. The van der Waals surface area contributed by atoms with Gasteiger partial charge in [-0.05, 0) is 80.7 Å². The van der Waals surface area contributed by atoms with Crippen LogP contribution in [0.4, 0.5) is 4.79 Å². The summed E-state index contributed by atoms with van der Waals surface area (Å²) in [6, 6.07) is 3.52. The molecule has 0 bridgehead atoms. The highest BCUT2D eigenvalue weighted by Gasteiger charge is 2.37. The minimum atomic E-state index is -0.251. The maximum Gasteiger partial charge on any atom is 0.293 e. The van der Waals surface area contributed by atoms with E-state index in [1.54, 1.807) is 6.08 Å². The molecule has 2 amide bonds. The Morgan fingerprint density at radius 1 is 1.38 bits per heavy atom. The van der Waals surface area contributed by atoms with Crippen LogP contribution in [0.3, 0.4) is 0 Å². The number of thioether (sulfide) groups is 1. The van der Waals surface area contributed by atoms with Crippen molar-refractivity contribution in [2.75, 3.05) is 6.61 Å². The number of nitrogens with zero attached hydrogens (tertiary/aromatic N) is 1. The molecule has 2 rings (SSSR count). The lowest BCUT2D eigenvalue weighted by Crippen LogP contribution is -2.36. The third kappa shape index (κ3) is 4.05. The molecule has 0 saturated carbocycles.